The van der Waals surface area contributed by atoms with Crippen LogP contribution in [0.5, 0.6) is 0 Å². The third kappa shape index (κ3) is 3.79. The van der Waals surface area contributed by atoms with Crippen LogP contribution in [-0.4, -0.2) is 54.2 Å². The molecule has 4 rings (SSSR count). The smallest absolute Gasteiger partial charge is 0.308 e. The van der Waals surface area contributed by atoms with Crippen molar-refractivity contribution in [3.63, 3.8) is 0 Å². The van der Waals surface area contributed by atoms with Gasteiger partial charge >= 0.3 is 5.97 Å². The molecule has 9 nitrogen and oxygen atoms in total. The van der Waals surface area contributed by atoms with Crippen LogP contribution in [0.2, 0.25) is 0 Å². The average molecular weight is 413 g/mol. The van der Waals surface area contributed by atoms with E-state index in [4.69, 9.17) is 4.74 Å². The summed E-state index contributed by atoms with van der Waals surface area (Å²) in [6.07, 6.45) is 3.15. The molecule has 2 fully saturated rings. The van der Waals surface area contributed by atoms with E-state index >= 15 is 0 Å². The molecule has 1 aromatic rings. The van der Waals surface area contributed by atoms with E-state index in [0.29, 0.717) is 11.4 Å². The van der Waals surface area contributed by atoms with Crippen LogP contribution in [0.4, 0.5) is 11.4 Å². The Bertz CT molecular complexity index is 890. The lowest BCUT2D eigenvalue weighted by atomic mass is 9.81. The van der Waals surface area contributed by atoms with Gasteiger partial charge in [-0.15, -0.1) is 0 Å². The minimum absolute atomic E-state index is 0.0351. The number of fused-ring (bicyclic) bond motifs is 2. The quantitative estimate of drug-likeness (QED) is 0.571. The van der Waals surface area contributed by atoms with Gasteiger partial charge in [0.1, 0.15) is 6.54 Å². The fourth-order valence-electron chi connectivity index (χ4n) is 4.40. The highest BCUT2D eigenvalue weighted by atomic mass is 16.5. The maximum absolute atomic E-state index is 12.5. The zero-order valence-corrected chi connectivity index (χ0v) is 16.5. The Morgan fingerprint density at radius 2 is 1.70 bits per heavy atom. The summed E-state index contributed by atoms with van der Waals surface area (Å²) < 4.78 is 5.05. The summed E-state index contributed by atoms with van der Waals surface area (Å²) >= 11 is 0. The molecule has 0 spiro atoms. The second-order valence-electron chi connectivity index (χ2n) is 7.78. The minimum Gasteiger partial charge on any atom is -0.455 e. The van der Waals surface area contributed by atoms with Crippen molar-refractivity contribution in [2.45, 2.75) is 32.1 Å². The molecule has 158 valence electrons. The van der Waals surface area contributed by atoms with Crippen LogP contribution in [0.1, 0.15) is 32.1 Å². The highest BCUT2D eigenvalue weighted by Crippen LogP contribution is 2.38. The number of carbonyl (C=O) groups is 5. The largest absolute Gasteiger partial charge is 0.455 e. The Morgan fingerprint density at radius 3 is 2.40 bits per heavy atom. The number of nitrogens with zero attached hydrogens (tertiary/aromatic N) is 2. The molecule has 0 bridgehead atoms. The Balaban J connectivity index is 1.29. The van der Waals surface area contributed by atoms with Crippen LogP contribution >= 0.6 is 0 Å². The van der Waals surface area contributed by atoms with Gasteiger partial charge in [-0.05, 0) is 25.0 Å². The second-order valence-corrected chi connectivity index (χ2v) is 7.78. The first-order valence-electron chi connectivity index (χ1n) is 10.2. The van der Waals surface area contributed by atoms with Gasteiger partial charge < -0.3 is 10.1 Å². The van der Waals surface area contributed by atoms with Crippen molar-refractivity contribution in [2.75, 3.05) is 29.9 Å². The van der Waals surface area contributed by atoms with Crippen molar-refractivity contribution in [2.24, 2.45) is 11.8 Å². The molecular formula is C21H23N3O6. The fourth-order valence-corrected chi connectivity index (χ4v) is 4.40. The first kappa shape index (κ1) is 20.1. The second kappa shape index (κ2) is 8.25. The highest BCUT2D eigenvalue weighted by molar-refractivity contribution is 6.10. The number of esters is 1. The van der Waals surface area contributed by atoms with Crippen molar-refractivity contribution in [3.05, 3.63) is 24.3 Å². The fraction of sp³-hybridized carbons (Fsp3) is 0.476. The first-order chi connectivity index (χ1) is 14.5. The molecule has 2 atom stereocenters. The predicted molar refractivity (Wildman–Crippen MR) is 105 cm³/mol. The Morgan fingerprint density at radius 1 is 1.03 bits per heavy atom. The standard InChI is InChI=1S/C21H23N3O6/c25-17-11-24(16-8-4-3-7-15(16)22-17)18(26)12-30-19(27)9-10-23-20(28)13-5-1-2-6-14(13)21(23)29/h3-4,7-8,13-14H,1-2,5-6,9-12H2,(H,22,25)/t13-,14-/m1/s1. The van der Waals surface area contributed by atoms with Gasteiger partial charge in [0.25, 0.3) is 5.91 Å². The number of benzene rings is 1. The maximum Gasteiger partial charge on any atom is 0.308 e. The maximum atomic E-state index is 12.5. The van der Waals surface area contributed by atoms with E-state index in [-0.39, 0.29) is 49.1 Å². The first-order valence-corrected chi connectivity index (χ1v) is 10.2. The SMILES string of the molecule is O=C1CN(C(=O)COC(=O)CCN2C(=O)[C@@H]3CCCC[C@H]3C2=O)c2ccccc2N1. The van der Waals surface area contributed by atoms with Crippen molar-refractivity contribution in [3.8, 4) is 0 Å². The number of amides is 4. The van der Waals surface area contributed by atoms with Crippen LogP contribution in [0.15, 0.2) is 24.3 Å². The van der Waals surface area contributed by atoms with Gasteiger partial charge in [0.15, 0.2) is 6.61 Å². The predicted octanol–water partition coefficient (Wildman–Crippen LogP) is 1.08. The zero-order chi connectivity index (χ0) is 21.3. The molecule has 1 N–H and O–H groups in total. The van der Waals surface area contributed by atoms with Crippen molar-refractivity contribution in [1.82, 2.24) is 4.90 Å². The number of hydrogen-bond donors (Lipinski definition) is 1. The zero-order valence-electron chi connectivity index (χ0n) is 16.5. The summed E-state index contributed by atoms with van der Waals surface area (Å²) in [5.74, 6) is -2.45. The summed E-state index contributed by atoms with van der Waals surface area (Å²) in [6.45, 7) is -0.715. The summed E-state index contributed by atoms with van der Waals surface area (Å²) in [5, 5.41) is 2.68. The highest BCUT2D eigenvalue weighted by Gasteiger charge is 2.47. The van der Waals surface area contributed by atoms with Crippen molar-refractivity contribution < 1.29 is 28.7 Å². The lowest BCUT2D eigenvalue weighted by Gasteiger charge is -2.28. The van der Waals surface area contributed by atoms with E-state index in [1.54, 1.807) is 24.3 Å². The number of likely N-dealkylation sites (tertiary alicyclic amines) is 1. The van der Waals surface area contributed by atoms with E-state index in [2.05, 4.69) is 5.32 Å². The molecule has 1 saturated carbocycles. The van der Waals surface area contributed by atoms with Crippen molar-refractivity contribution >= 4 is 41.0 Å². The average Bonchev–Trinajstić information content (AvgIpc) is 3.00. The normalized spacial score (nSPS) is 23.0. The molecule has 1 aliphatic carbocycles. The number of imide groups is 1. The molecule has 4 amide bonds. The summed E-state index contributed by atoms with van der Waals surface area (Å²) in [5.41, 5.74) is 1.05. The molecule has 1 aromatic carbocycles. The summed E-state index contributed by atoms with van der Waals surface area (Å²) in [4.78, 5) is 63.7. The number of ether oxygens (including phenoxy) is 1. The molecule has 1 saturated heterocycles. The molecule has 0 aromatic heterocycles. The van der Waals surface area contributed by atoms with Gasteiger partial charge in [0.2, 0.25) is 17.7 Å². The molecule has 9 heteroatoms. The van der Waals surface area contributed by atoms with Gasteiger partial charge in [0, 0.05) is 6.54 Å². The number of anilines is 2. The van der Waals surface area contributed by atoms with E-state index in [1.807, 2.05) is 0 Å². The molecular weight excluding hydrogens is 390 g/mol. The van der Waals surface area contributed by atoms with Crippen LogP contribution in [0, 0.1) is 11.8 Å². The number of para-hydroxylation sites is 2. The lowest BCUT2D eigenvalue weighted by Crippen LogP contribution is -2.44. The van der Waals surface area contributed by atoms with Crippen LogP contribution in [-0.2, 0) is 28.7 Å². The Labute approximate surface area is 173 Å². The number of hydrogen-bond acceptors (Lipinski definition) is 6. The molecule has 0 radical (unpaired) electrons. The van der Waals surface area contributed by atoms with E-state index in [1.165, 1.54) is 4.90 Å². The summed E-state index contributed by atoms with van der Waals surface area (Å²) in [6, 6.07) is 6.85. The van der Waals surface area contributed by atoms with E-state index in [0.717, 1.165) is 30.6 Å². The molecule has 2 aliphatic heterocycles. The van der Waals surface area contributed by atoms with Gasteiger partial charge in [-0.3, -0.25) is 33.8 Å². The van der Waals surface area contributed by atoms with Crippen LogP contribution in [0.25, 0.3) is 0 Å². The topological polar surface area (TPSA) is 113 Å². The molecule has 30 heavy (non-hydrogen) atoms. The number of nitrogens with one attached hydrogen (secondary N) is 1. The lowest BCUT2D eigenvalue weighted by molar-refractivity contribution is -0.149. The number of rotatable bonds is 5. The third-order valence-electron chi connectivity index (χ3n) is 5.90. The Kier molecular flexibility index (Phi) is 5.52. The molecule has 3 aliphatic rings. The van der Waals surface area contributed by atoms with E-state index < -0.39 is 18.5 Å². The molecule has 0 unspecified atom stereocenters. The van der Waals surface area contributed by atoms with Crippen LogP contribution in [0.3, 0.4) is 0 Å². The molecule has 2 heterocycles. The van der Waals surface area contributed by atoms with Gasteiger partial charge in [0.05, 0.1) is 29.6 Å². The van der Waals surface area contributed by atoms with Crippen molar-refractivity contribution in [1.29, 1.82) is 0 Å². The van der Waals surface area contributed by atoms with Gasteiger partial charge in [-0.25, -0.2) is 0 Å². The summed E-state index contributed by atoms with van der Waals surface area (Å²) in [7, 11) is 0. The third-order valence-corrected chi connectivity index (χ3v) is 5.90. The van der Waals surface area contributed by atoms with Gasteiger partial charge in [-0.1, -0.05) is 25.0 Å². The Hall–Kier alpha value is -3.23. The number of carbonyl (C=O) groups excluding carboxylic acids is 5. The van der Waals surface area contributed by atoms with Gasteiger partial charge in [-0.2, -0.15) is 0 Å². The van der Waals surface area contributed by atoms with Crippen LogP contribution < -0.4 is 10.2 Å². The van der Waals surface area contributed by atoms with E-state index in [9.17, 15) is 24.0 Å². The minimum atomic E-state index is -0.673. The monoisotopic (exact) mass is 413 g/mol.